The van der Waals surface area contributed by atoms with Crippen molar-refractivity contribution >= 4 is 11.6 Å². The normalized spacial score (nSPS) is 14.5. The van der Waals surface area contributed by atoms with Crippen LogP contribution in [0.3, 0.4) is 0 Å². The van der Waals surface area contributed by atoms with E-state index in [2.05, 4.69) is 14.9 Å². The fourth-order valence-corrected chi connectivity index (χ4v) is 3.16. The van der Waals surface area contributed by atoms with Gasteiger partial charge in [-0.15, -0.1) is 0 Å². The number of nitrogens with zero attached hydrogens (tertiary/aromatic N) is 2. The maximum Gasteiger partial charge on any atom is 0.256 e. The first-order valence-corrected chi connectivity index (χ1v) is 8.30. The van der Waals surface area contributed by atoms with Gasteiger partial charge in [0, 0.05) is 26.1 Å². The summed E-state index contributed by atoms with van der Waals surface area (Å²) in [6, 6.07) is 8.29. The van der Waals surface area contributed by atoms with E-state index in [-0.39, 0.29) is 10.6 Å². The Morgan fingerprint density at radius 1 is 1.36 bits per heavy atom. The van der Waals surface area contributed by atoms with Crippen LogP contribution in [-0.4, -0.2) is 21.4 Å². The number of rotatable bonds is 3. The van der Waals surface area contributed by atoms with Gasteiger partial charge in [0.2, 0.25) is 0 Å². The third-order valence-electron chi connectivity index (χ3n) is 4.29. The molecule has 1 N–H and O–H groups in total. The summed E-state index contributed by atoms with van der Waals surface area (Å²) in [6.07, 6.45) is 2.20. The molecule has 2 aromatic heterocycles. The van der Waals surface area contributed by atoms with Crippen molar-refractivity contribution in [3.8, 4) is 11.6 Å². The first-order valence-electron chi connectivity index (χ1n) is 7.92. The fourth-order valence-electron chi connectivity index (χ4n) is 3.04. The average Bonchev–Trinajstić information content (AvgIpc) is 3.13. The Labute approximate surface area is 148 Å². The van der Waals surface area contributed by atoms with Gasteiger partial charge in [-0.2, -0.15) is 0 Å². The zero-order valence-corrected chi connectivity index (χ0v) is 14.0. The van der Waals surface area contributed by atoms with E-state index >= 15 is 0 Å². The Morgan fingerprint density at radius 3 is 3.00 bits per heavy atom. The number of fused-ring (bicyclic) bond motifs is 1. The predicted octanol–water partition coefficient (Wildman–Crippen LogP) is 3.38. The first-order chi connectivity index (χ1) is 12.1. The minimum Gasteiger partial charge on any atom is -0.461 e. The summed E-state index contributed by atoms with van der Waals surface area (Å²) in [5.74, 6) is 0.556. The van der Waals surface area contributed by atoms with Crippen LogP contribution >= 0.6 is 11.6 Å². The van der Waals surface area contributed by atoms with Gasteiger partial charge in [0.1, 0.15) is 5.82 Å². The molecule has 25 heavy (non-hydrogen) atoms. The summed E-state index contributed by atoms with van der Waals surface area (Å²) in [4.78, 5) is 21.8. The highest BCUT2D eigenvalue weighted by molar-refractivity contribution is 6.30. The number of furan rings is 1. The number of benzene rings is 1. The average molecular weight is 360 g/mol. The van der Waals surface area contributed by atoms with Crippen molar-refractivity contribution in [2.24, 2.45) is 0 Å². The molecule has 0 spiro atoms. The molecule has 0 radical (unpaired) electrons. The van der Waals surface area contributed by atoms with Crippen molar-refractivity contribution in [2.75, 3.05) is 6.54 Å². The van der Waals surface area contributed by atoms with Crippen LogP contribution in [0.25, 0.3) is 11.6 Å². The molecule has 0 amide bonds. The molecule has 4 rings (SSSR count). The Morgan fingerprint density at radius 2 is 2.24 bits per heavy atom. The SMILES string of the molecule is O=c1[nH]c(-c2ccco2)nc2c1CN(Cc1ccc(Cl)c(F)c1)CC2. The minimum atomic E-state index is -0.431. The van der Waals surface area contributed by atoms with Crippen LogP contribution < -0.4 is 5.56 Å². The van der Waals surface area contributed by atoms with Crippen LogP contribution in [-0.2, 0) is 19.5 Å². The van der Waals surface area contributed by atoms with Gasteiger partial charge in [-0.05, 0) is 29.8 Å². The second-order valence-electron chi connectivity index (χ2n) is 6.03. The molecule has 0 aliphatic carbocycles. The Balaban J connectivity index is 1.57. The first kappa shape index (κ1) is 16.1. The molecule has 1 aromatic carbocycles. The molecule has 0 unspecified atom stereocenters. The van der Waals surface area contributed by atoms with Gasteiger partial charge < -0.3 is 9.40 Å². The number of aromatic nitrogens is 2. The van der Waals surface area contributed by atoms with E-state index in [1.807, 2.05) is 0 Å². The van der Waals surface area contributed by atoms with Crippen molar-refractivity contribution in [3.05, 3.63) is 74.6 Å². The molecule has 1 aliphatic heterocycles. The number of aromatic amines is 1. The maximum absolute atomic E-state index is 13.6. The van der Waals surface area contributed by atoms with Crippen molar-refractivity contribution in [1.29, 1.82) is 0 Å². The number of halogens is 2. The van der Waals surface area contributed by atoms with E-state index in [0.717, 1.165) is 17.8 Å². The van der Waals surface area contributed by atoms with E-state index in [1.54, 1.807) is 30.5 Å². The monoisotopic (exact) mass is 359 g/mol. The fraction of sp³-hybridized carbons (Fsp3) is 0.222. The molecule has 3 aromatic rings. The van der Waals surface area contributed by atoms with Gasteiger partial charge in [-0.25, -0.2) is 9.37 Å². The molecular weight excluding hydrogens is 345 g/mol. The Hall–Kier alpha value is -2.44. The summed E-state index contributed by atoms with van der Waals surface area (Å²) < 4.78 is 18.9. The minimum absolute atomic E-state index is 0.110. The molecule has 5 nitrogen and oxygen atoms in total. The molecule has 0 saturated carbocycles. The van der Waals surface area contributed by atoms with Crippen molar-refractivity contribution in [3.63, 3.8) is 0 Å². The maximum atomic E-state index is 13.6. The van der Waals surface area contributed by atoms with Gasteiger partial charge in [-0.3, -0.25) is 9.69 Å². The second-order valence-corrected chi connectivity index (χ2v) is 6.43. The van der Waals surface area contributed by atoms with Crippen molar-refractivity contribution < 1.29 is 8.81 Å². The van der Waals surface area contributed by atoms with Crippen LogP contribution in [0.1, 0.15) is 16.8 Å². The molecule has 1 aliphatic rings. The third kappa shape index (κ3) is 3.23. The highest BCUT2D eigenvalue weighted by Gasteiger charge is 2.22. The Bertz CT molecular complexity index is 969. The van der Waals surface area contributed by atoms with E-state index < -0.39 is 5.82 Å². The highest BCUT2D eigenvalue weighted by atomic mass is 35.5. The zero-order valence-electron chi connectivity index (χ0n) is 13.3. The van der Waals surface area contributed by atoms with Crippen molar-refractivity contribution in [1.82, 2.24) is 14.9 Å². The van der Waals surface area contributed by atoms with Gasteiger partial charge in [0.15, 0.2) is 11.6 Å². The predicted molar refractivity (Wildman–Crippen MR) is 91.8 cm³/mol. The third-order valence-corrected chi connectivity index (χ3v) is 4.60. The van der Waals surface area contributed by atoms with Crippen LogP contribution in [0, 0.1) is 5.82 Å². The van der Waals surface area contributed by atoms with Crippen LogP contribution in [0.4, 0.5) is 4.39 Å². The van der Waals surface area contributed by atoms with Crippen LogP contribution in [0.5, 0.6) is 0 Å². The lowest BCUT2D eigenvalue weighted by molar-refractivity contribution is 0.241. The summed E-state index contributed by atoms with van der Waals surface area (Å²) in [6.45, 7) is 1.76. The van der Waals surface area contributed by atoms with Gasteiger partial charge in [0.05, 0.1) is 22.5 Å². The molecule has 0 atom stereocenters. The molecule has 0 fully saturated rings. The molecule has 3 heterocycles. The number of hydrogen-bond acceptors (Lipinski definition) is 4. The summed E-state index contributed by atoms with van der Waals surface area (Å²) in [5.41, 5.74) is 2.09. The van der Waals surface area contributed by atoms with Crippen LogP contribution in [0.15, 0.2) is 45.8 Å². The Kier molecular flexibility index (Phi) is 4.15. The lowest BCUT2D eigenvalue weighted by Crippen LogP contribution is -2.35. The van der Waals surface area contributed by atoms with E-state index in [1.165, 1.54) is 6.07 Å². The van der Waals surface area contributed by atoms with Gasteiger partial charge in [0.25, 0.3) is 5.56 Å². The van der Waals surface area contributed by atoms with E-state index in [0.29, 0.717) is 36.7 Å². The topological polar surface area (TPSA) is 62.1 Å². The lowest BCUT2D eigenvalue weighted by Gasteiger charge is -2.27. The molecule has 7 heteroatoms. The lowest BCUT2D eigenvalue weighted by atomic mass is 10.1. The summed E-state index contributed by atoms with van der Waals surface area (Å²) in [7, 11) is 0. The zero-order chi connectivity index (χ0) is 17.4. The standard InChI is InChI=1S/C18H15ClFN3O2/c19-13-4-3-11(8-14(13)20)9-23-6-5-15-12(10-23)18(24)22-17(21-15)16-2-1-7-25-16/h1-4,7-8H,5-6,9-10H2,(H,21,22,24). The second kappa shape index (κ2) is 6.46. The van der Waals surface area contributed by atoms with Gasteiger partial charge >= 0.3 is 0 Å². The largest absolute Gasteiger partial charge is 0.461 e. The quantitative estimate of drug-likeness (QED) is 0.778. The van der Waals surface area contributed by atoms with E-state index in [9.17, 15) is 9.18 Å². The number of hydrogen-bond donors (Lipinski definition) is 1. The van der Waals surface area contributed by atoms with Crippen molar-refractivity contribution in [2.45, 2.75) is 19.5 Å². The number of nitrogens with one attached hydrogen (secondary N) is 1. The van der Waals surface area contributed by atoms with E-state index in [4.69, 9.17) is 16.0 Å². The molecule has 0 bridgehead atoms. The summed E-state index contributed by atoms with van der Waals surface area (Å²) >= 11 is 5.72. The number of H-pyrrole nitrogens is 1. The molecule has 128 valence electrons. The molecule has 0 saturated heterocycles. The van der Waals surface area contributed by atoms with Crippen LogP contribution in [0.2, 0.25) is 5.02 Å². The summed E-state index contributed by atoms with van der Waals surface area (Å²) in [5, 5.41) is 0.110. The highest BCUT2D eigenvalue weighted by Crippen LogP contribution is 2.21. The molecular formula is C18H15ClFN3O2. The smallest absolute Gasteiger partial charge is 0.256 e. The van der Waals surface area contributed by atoms with Gasteiger partial charge in [-0.1, -0.05) is 17.7 Å².